The van der Waals surface area contributed by atoms with Gasteiger partial charge in [0.2, 0.25) is 5.91 Å². The molecular formula is C18H19BrN4O2. The molecule has 130 valence electrons. The first kappa shape index (κ1) is 17.6. The third kappa shape index (κ3) is 4.43. The molecule has 1 aliphatic heterocycles. The fourth-order valence-corrected chi connectivity index (χ4v) is 3.42. The third-order valence-corrected chi connectivity index (χ3v) is 4.66. The highest BCUT2D eigenvalue weighted by Crippen LogP contribution is 2.21. The summed E-state index contributed by atoms with van der Waals surface area (Å²) in [7, 11) is 0. The molecule has 1 saturated heterocycles. The van der Waals surface area contributed by atoms with Crippen LogP contribution in [0.5, 0.6) is 0 Å². The van der Waals surface area contributed by atoms with E-state index < -0.39 is 0 Å². The molecule has 0 spiro atoms. The van der Waals surface area contributed by atoms with Crippen LogP contribution in [0.15, 0.2) is 47.2 Å². The van der Waals surface area contributed by atoms with E-state index in [1.807, 2.05) is 24.3 Å². The molecule has 2 heterocycles. The summed E-state index contributed by atoms with van der Waals surface area (Å²) in [5, 5.41) is 2.87. The monoisotopic (exact) mass is 402 g/mol. The van der Waals surface area contributed by atoms with Crippen molar-refractivity contribution >= 4 is 33.4 Å². The maximum Gasteiger partial charge on any atom is 0.257 e. The van der Waals surface area contributed by atoms with Crippen molar-refractivity contribution in [3.05, 3.63) is 58.3 Å². The lowest BCUT2D eigenvalue weighted by atomic mass is 10.1. The van der Waals surface area contributed by atoms with Crippen LogP contribution in [0.2, 0.25) is 0 Å². The summed E-state index contributed by atoms with van der Waals surface area (Å²) in [5.41, 5.74) is 7.68. The Balaban J connectivity index is 1.69. The largest absolute Gasteiger partial charge is 0.368 e. The second-order valence-corrected chi connectivity index (χ2v) is 6.99. The first-order valence-corrected chi connectivity index (χ1v) is 8.86. The van der Waals surface area contributed by atoms with Crippen LogP contribution >= 0.6 is 15.9 Å². The number of halogens is 1. The molecule has 1 fully saturated rings. The van der Waals surface area contributed by atoms with Gasteiger partial charge in [-0.25, -0.2) is 0 Å². The molecule has 0 saturated carbocycles. The predicted octanol–water partition coefficient (Wildman–Crippen LogP) is 2.55. The summed E-state index contributed by atoms with van der Waals surface area (Å²) in [5.74, 6) is -0.494. The number of likely N-dealkylation sites (tertiary alicyclic amines) is 1. The number of nitrogens with two attached hydrogens (primary N) is 1. The van der Waals surface area contributed by atoms with Crippen LogP contribution < -0.4 is 11.1 Å². The van der Waals surface area contributed by atoms with E-state index in [1.165, 1.54) is 6.20 Å². The highest BCUT2D eigenvalue weighted by atomic mass is 79.9. The summed E-state index contributed by atoms with van der Waals surface area (Å²) >= 11 is 3.31. The molecule has 1 aliphatic rings. The average molecular weight is 403 g/mol. The molecule has 1 aromatic heterocycles. The number of anilines is 1. The standard InChI is InChI=1S/C18H19BrN4O2/c19-14-8-13(9-21-10-14)18(25)22-15-4-1-3-12(7-15)11-23-6-2-5-16(23)17(20)24/h1,3-4,7-10,16H,2,5-6,11H2,(H2,20,24)(H,22,25). The zero-order chi connectivity index (χ0) is 17.8. The van der Waals surface area contributed by atoms with Crippen molar-refractivity contribution in [3.8, 4) is 0 Å². The SMILES string of the molecule is NC(=O)C1CCCN1Cc1cccc(NC(=O)c2cncc(Br)c2)c1. The summed E-state index contributed by atoms with van der Waals surface area (Å²) in [4.78, 5) is 29.9. The van der Waals surface area contributed by atoms with Gasteiger partial charge in [-0.3, -0.25) is 19.5 Å². The molecule has 7 heteroatoms. The number of rotatable bonds is 5. The molecule has 6 nitrogen and oxygen atoms in total. The molecule has 3 N–H and O–H groups in total. The van der Waals surface area contributed by atoms with E-state index in [4.69, 9.17) is 5.73 Å². The van der Waals surface area contributed by atoms with Gasteiger partial charge in [0.05, 0.1) is 11.6 Å². The molecule has 3 rings (SSSR count). The number of carbonyl (C=O) groups is 2. The van der Waals surface area contributed by atoms with Crippen molar-refractivity contribution in [2.45, 2.75) is 25.4 Å². The molecule has 0 aliphatic carbocycles. The summed E-state index contributed by atoms with van der Waals surface area (Å²) in [6.07, 6.45) is 4.93. The zero-order valence-electron chi connectivity index (χ0n) is 13.6. The van der Waals surface area contributed by atoms with E-state index in [0.29, 0.717) is 17.8 Å². The van der Waals surface area contributed by atoms with E-state index in [2.05, 4.69) is 31.1 Å². The Kier molecular flexibility index (Phi) is 5.45. The molecule has 1 aromatic carbocycles. The van der Waals surface area contributed by atoms with Crippen molar-refractivity contribution in [3.63, 3.8) is 0 Å². The Morgan fingerprint density at radius 1 is 1.32 bits per heavy atom. The number of primary amides is 1. The second kappa shape index (κ2) is 7.76. The molecule has 0 radical (unpaired) electrons. The Labute approximate surface area is 154 Å². The Hall–Kier alpha value is -2.25. The van der Waals surface area contributed by atoms with E-state index in [1.54, 1.807) is 12.3 Å². The molecular weight excluding hydrogens is 384 g/mol. The lowest BCUT2D eigenvalue weighted by Crippen LogP contribution is -2.39. The van der Waals surface area contributed by atoms with Crippen molar-refractivity contribution in [1.82, 2.24) is 9.88 Å². The van der Waals surface area contributed by atoms with Gasteiger partial charge in [0.15, 0.2) is 0 Å². The average Bonchev–Trinajstić information content (AvgIpc) is 3.03. The number of benzene rings is 1. The van der Waals surface area contributed by atoms with Crippen molar-refractivity contribution in [1.29, 1.82) is 0 Å². The van der Waals surface area contributed by atoms with Crippen LogP contribution in [-0.2, 0) is 11.3 Å². The molecule has 2 aromatic rings. The predicted molar refractivity (Wildman–Crippen MR) is 99.0 cm³/mol. The van der Waals surface area contributed by atoms with Crippen LogP contribution in [0.1, 0.15) is 28.8 Å². The van der Waals surface area contributed by atoms with E-state index in [0.717, 1.165) is 29.4 Å². The maximum atomic E-state index is 12.3. The minimum absolute atomic E-state index is 0.203. The minimum atomic E-state index is -0.274. The van der Waals surface area contributed by atoms with Crippen LogP contribution in [0.4, 0.5) is 5.69 Å². The topological polar surface area (TPSA) is 88.3 Å². The summed E-state index contributed by atoms with van der Waals surface area (Å²) < 4.78 is 0.750. The summed E-state index contributed by atoms with van der Waals surface area (Å²) in [6, 6.07) is 9.13. The maximum absolute atomic E-state index is 12.3. The van der Waals surface area contributed by atoms with E-state index >= 15 is 0 Å². The number of hydrogen-bond donors (Lipinski definition) is 2. The fourth-order valence-electron chi connectivity index (χ4n) is 3.06. The number of amides is 2. The van der Waals surface area contributed by atoms with Crippen LogP contribution in [0, 0.1) is 0 Å². The van der Waals surface area contributed by atoms with Gasteiger partial charge < -0.3 is 11.1 Å². The Bertz CT molecular complexity index is 796. The first-order chi connectivity index (χ1) is 12.0. The fraction of sp³-hybridized carbons (Fsp3) is 0.278. The number of pyridine rings is 1. The van der Waals surface area contributed by atoms with Crippen LogP contribution in [-0.4, -0.2) is 34.3 Å². The number of hydrogen-bond acceptors (Lipinski definition) is 4. The van der Waals surface area contributed by atoms with Crippen molar-refractivity contribution < 1.29 is 9.59 Å². The van der Waals surface area contributed by atoms with E-state index in [-0.39, 0.29) is 17.9 Å². The van der Waals surface area contributed by atoms with Gasteiger partial charge in [0.1, 0.15) is 0 Å². The minimum Gasteiger partial charge on any atom is -0.368 e. The summed E-state index contributed by atoms with van der Waals surface area (Å²) in [6.45, 7) is 1.49. The van der Waals surface area contributed by atoms with Gasteiger partial charge in [-0.2, -0.15) is 0 Å². The van der Waals surface area contributed by atoms with E-state index in [9.17, 15) is 9.59 Å². The Morgan fingerprint density at radius 2 is 2.16 bits per heavy atom. The quantitative estimate of drug-likeness (QED) is 0.803. The number of carbonyl (C=O) groups excluding carboxylic acids is 2. The third-order valence-electron chi connectivity index (χ3n) is 4.23. The smallest absolute Gasteiger partial charge is 0.257 e. The second-order valence-electron chi connectivity index (χ2n) is 6.08. The molecule has 1 unspecified atom stereocenters. The molecule has 1 atom stereocenters. The van der Waals surface area contributed by atoms with Gasteiger partial charge in [0.25, 0.3) is 5.91 Å². The number of nitrogens with one attached hydrogen (secondary N) is 1. The number of aromatic nitrogens is 1. The molecule has 25 heavy (non-hydrogen) atoms. The van der Waals surface area contributed by atoms with Crippen LogP contribution in [0.25, 0.3) is 0 Å². The van der Waals surface area contributed by atoms with Crippen LogP contribution in [0.3, 0.4) is 0 Å². The van der Waals surface area contributed by atoms with Gasteiger partial charge in [-0.15, -0.1) is 0 Å². The van der Waals surface area contributed by atoms with Crippen molar-refractivity contribution in [2.24, 2.45) is 5.73 Å². The zero-order valence-corrected chi connectivity index (χ0v) is 15.2. The highest BCUT2D eigenvalue weighted by Gasteiger charge is 2.28. The highest BCUT2D eigenvalue weighted by molar-refractivity contribution is 9.10. The van der Waals surface area contributed by atoms with Gasteiger partial charge >= 0.3 is 0 Å². The lowest BCUT2D eigenvalue weighted by molar-refractivity contribution is -0.122. The first-order valence-electron chi connectivity index (χ1n) is 8.07. The van der Waals surface area contributed by atoms with Gasteiger partial charge in [0, 0.05) is 29.1 Å². The van der Waals surface area contributed by atoms with Gasteiger partial charge in [-0.1, -0.05) is 12.1 Å². The lowest BCUT2D eigenvalue weighted by Gasteiger charge is -2.22. The number of nitrogens with zero attached hydrogens (tertiary/aromatic N) is 2. The molecule has 0 bridgehead atoms. The van der Waals surface area contributed by atoms with Gasteiger partial charge in [-0.05, 0) is 59.1 Å². The normalized spacial score (nSPS) is 17.4. The van der Waals surface area contributed by atoms with Crippen molar-refractivity contribution in [2.75, 3.05) is 11.9 Å². The Morgan fingerprint density at radius 3 is 2.92 bits per heavy atom. The molecule has 2 amide bonds.